The molecule has 94 valence electrons. The summed E-state index contributed by atoms with van der Waals surface area (Å²) in [7, 11) is 1.27. The van der Waals surface area contributed by atoms with Gasteiger partial charge in [0.1, 0.15) is 5.82 Å². The van der Waals surface area contributed by atoms with E-state index in [0.29, 0.717) is 6.54 Å². The van der Waals surface area contributed by atoms with E-state index in [-0.39, 0.29) is 17.2 Å². The molecule has 0 amide bonds. The molecule has 0 spiro atoms. The van der Waals surface area contributed by atoms with E-state index < -0.39 is 5.97 Å². The molecule has 0 bridgehead atoms. The number of hydrogen-bond donors (Lipinski definition) is 1. The van der Waals surface area contributed by atoms with Crippen molar-refractivity contribution in [2.75, 3.05) is 12.8 Å². The third-order valence-electron chi connectivity index (χ3n) is 2.49. The van der Waals surface area contributed by atoms with Crippen LogP contribution in [-0.2, 0) is 11.3 Å². The monoisotopic (exact) mass is 249 g/mol. The molecule has 0 fully saturated rings. The first kappa shape index (κ1) is 12.1. The Kier molecular flexibility index (Phi) is 3.27. The Hall–Kier alpha value is -2.37. The van der Waals surface area contributed by atoms with E-state index in [1.54, 1.807) is 12.1 Å². The highest BCUT2D eigenvalue weighted by molar-refractivity contribution is 5.92. The van der Waals surface area contributed by atoms with Crippen molar-refractivity contribution in [2.45, 2.75) is 6.54 Å². The second-order valence-electron chi connectivity index (χ2n) is 3.72. The van der Waals surface area contributed by atoms with Crippen molar-refractivity contribution in [3.05, 3.63) is 47.5 Å². The van der Waals surface area contributed by atoms with Crippen LogP contribution in [0.1, 0.15) is 16.1 Å². The standard InChI is InChI=1S/C12H12FN3O2/c1-18-12(17)11-10(14)6-15-16(11)7-8-2-4-9(13)5-3-8/h2-6H,7,14H2,1H3. The van der Waals surface area contributed by atoms with E-state index in [2.05, 4.69) is 9.84 Å². The average molecular weight is 249 g/mol. The van der Waals surface area contributed by atoms with Crippen LogP contribution >= 0.6 is 0 Å². The van der Waals surface area contributed by atoms with Crippen LogP contribution < -0.4 is 5.73 Å². The number of anilines is 1. The zero-order valence-corrected chi connectivity index (χ0v) is 9.76. The van der Waals surface area contributed by atoms with E-state index in [0.717, 1.165) is 5.56 Å². The van der Waals surface area contributed by atoms with Crippen LogP contribution in [0, 0.1) is 5.82 Å². The number of aromatic nitrogens is 2. The summed E-state index contributed by atoms with van der Waals surface area (Å²) in [6.45, 7) is 0.321. The van der Waals surface area contributed by atoms with Crippen molar-refractivity contribution in [3.63, 3.8) is 0 Å². The Morgan fingerprint density at radius 1 is 1.44 bits per heavy atom. The lowest BCUT2D eigenvalue weighted by molar-refractivity contribution is 0.0588. The summed E-state index contributed by atoms with van der Waals surface area (Å²) in [6.07, 6.45) is 1.38. The molecule has 2 aromatic rings. The SMILES string of the molecule is COC(=O)c1c(N)cnn1Cc1ccc(F)cc1. The second-order valence-corrected chi connectivity index (χ2v) is 3.72. The molecule has 1 heterocycles. The van der Waals surface area contributed by atoms with Gasteiger partial charge >= 0.3 is 5.97 Å². The Balaban J connectivity index is 2.29. The fourth-order valence-electron chi connectivity index (χ4n) is 1.60. The Labute approximate surface area is 103 Å². The number of nitrogens with zero attached hydrogens (tertiary/aromatic N) is 2. The number of esters is 1. The minimum absolute atomic E-state index is 0.196. The molecule has 2 N–H and O–H groups in total. The highest BCUT2D eigenvalue weighted by Crippen LogP contribution is 2.14. The van der Waals surface area contributed by atoms with Crippen molar-refractivity contribution in [3.8, 4) is 0 Å². The maximum Gasteiger partial charge on any atom is 0.358 e. The summed E-state index contributed by atoms with van der Waals surface area (Å²) in [5, 5.41) is 4.00. The zero-order chi connectivity index (χ0) is 13.1. The molecule has 1 aromatic carbocycles. The van der Waals surface area contributed by atoms with Gasteiger partial charge in [-0.1, -0.05) is 12.1 Å². The van der Waals surface area contributed by atoms with Gasteiger partial charge in [0.2, 0.25) is 0 Å². The highest BCUT2D eigenvalue weighted by atomic mass is 19.1. The molecule has 0 atom stereocenters. The lowest BCUT2D eigenvalue weighted by Gasteiger charge is -2.06. The fraction of sp³-hybridized carbons (Fsp3) is 0.167. The van der Waals surface area contributed by atoms with Gasteiger partial charge in [0.05, 0.1) is 25.5 Å². The van der Waals surface area contributed by atoms with Gasteiger partial charge < -0.3 is 10.5 Å². The molecular weight excluding hydrogens is 237 g/mol. The summed E-state index contributed by atoms with van der Waals surface area (Å²) in [5.74, 6) is -0.862. The van der Waals surface area contributed by atoms with Gasteiger partial charge in [0, 0.05) is 0 Å². The van der Waals surface area contributed by atoms with Gasteiger partial charge in [0.15, 0.2) is 5.69 Å². The molecule has 0 aliphatic rings. The maximum atomic E-state index is 12.8. The van der Waals surface area contributed by atoms with Crippen LogP contribution in [0.3, 0.4) is 0 Å². The molecule has 5 nitrogen and oxygen atoms in total. The number of benzene rings is 1. The van der Waals surface area contributed by atoms with E-state index in [1.807, 2.05) is 0 Å². The summed E-state index contributed by atoms with van der Waals surface area (Å²) in [5.41, 5.74) is 6.91. The maximum absolute atomic E-state index is 12.8. The van der Waals surface area contributed by atoms with E-state index in [9.17, 15) is 9.18 Å². The average Bonchev–Trinajstić information content (AvgIpc) is 2.72. The van der Waals surface area contributed by atoms with Gasteiger partial charge in [0.25, 0.3) is 0 Å². The van der Waals surface area contributed by atoms with Crippen molar-refractivity contribution >= 4 is 11.7 Å². The Morgan fingerprint density at radius 3 is 2.72 bits per heavy atom. The van der Waals surface area contributed by atoms with Crippen molar-refractivity contribution in [1.29, 1.82) is 0 Å². The number of carbonyl (C=O) groups is 1. The highest BCUT2D eigenvalue weighted by Gasteiger charge is 2.17. The van der Waals surface area contributed by atoms with E-state index in [4.69, 9.17) is 5.73 Å². The number of nitrogen functional groups attached to an aromatic ring is 1. The summed E-state index contributed by atoms with van der Waals surface area (Å²) < 4.78 is 18.8. The van der Waals surface area contributed by atoms with Crippen molar-refractivity contribution in [2.24, 2.45) is 0 Å². The van der Waals surface area contributed by atoms with Crippen LogP contribution in [-0.4, -0.2) is 22.9 Å². The number of rotatable bonds is 3. The number of nitrogens with two attached hydrogens (primary N) is 1. The largest absolute Gasteiger partial charge is 0.464 e. The van der Waals surface area contributed by atoms with Crippen LogP contribution in [0.5, 0.6) is 0 Å². The van der Waals surface area contributed by atoms with Gasteiger partial charge in [-0.2, -0.15) is 5.10 Å². The molecular formula is C12H12FN3O2. The van der Waals surface area contributed by atoms with E-state index >= 15 is 0 Å². The number of ether oxygens (including phenoxy) is 1. The predicted molar refractivity (Wildman–Crippen MR) is 63.5 cm³/mol. The molecule has 0 saturated carbocycles. The molecule has 0 aliphatic carbocycles. The minimum atomic E-state index is -0.549. The topological polar surface area (TPSA) is 70.1 Å². The third kappa shape index (κ3) is 2.32. The molecule has 18 heavy (non-hydrogen) atoms. The number of hydrogen-bond acceptors (Lipinski definition) is 4. The Bertz CT molecular complexity index is 563. The van der Waals surface area contributed by atoms with Crippen molar-refractivity contribution in [1.82, 2.24) is 9.78 Å². The first-order chi connectivity index (χ1) is 8.61. The van der Waals surface area contributed by atoms with Crippen LogP contribution in [0.15, 0.2) is 30.5 Å². The third-order valence-corrected chi connectivity index (χ3v) is 2.49. The van der Waals surface area contributed by atoms with Gasteiger partial charge in [-0.3, -0.25) is 4.68 Å². The van der Waals surface area contributed by atoms with Gasteiger partial charge in [-0.15, -0.1) is 0 Å². The lowest BCUT2D eigenvalue weighted by atomic mass is 10.2. The van der Waals surface area contributed by atoms with E-state index in [1.165, 1.54) is 30.1 Å². The normalized spacial score (nSPS) is 10.3. The van der Waals surface area contributed by atoms with Crippen LogP contribution in [0.25, 0.3) is 0 Å². The summed E-state index contributed by atoms with van der Waals surface area (Å²) in [4.78, 5) is 11.5. The molecule has 0 radical (unpaired) electrons. The molecule has 1 aromatic heterocycles. The fourth-order valence-corrected chi connectivity index (χ4v) is 1.60. The molecule has 0 unspecified atom stereocenters. The lowest BCUT2D eigenvalue weighted by Crippen LogP contribution is -2.14. The molecule has 0 aliphatic heterocycles. The zero-order valence-electron chi connectivity index (χ0n) is 9.76. The van der Waals surface area contributed by atoms with Gasteiger partial charge in [-0.25, -0.2) is 9.18 Å². The first-order valence-electron chi connectivity index (χ1n) is 5.26. The number of halogens is 1. The number of carbonyl (C=O) groups excluding carboxylic acids is 1. The summed E-state index contributed by atoms with van der Waals surface area (Å²) >= 11 is 0. The second kappa shape index (κ2) is 4.87. The smallest absolute Gasteiger partial charge is 0.358 e. The quantitative estimate of drug-likeness (QED) is 0.835. The Morgan fingerprint density at radius 2 is 2.11 bits per heavy atom. The van der Waals surface area contributed by atoms with Crippen LogP contribution in [0.4, 0.5) is 10.1 Å². The van der Waals surface area contributed by atoms with Gasteiger partial charge in [-0.05, 0) is 17.7 Å². The molecule has 0 saturated heterocycles. The predicted octanol–water partition coefficient (Wildman–Crippen LogP) is 1.44. The minimum Gasteiger partial charge on any atom is -0.464 e. The molecule has 6 heteroatoms. The van der Waals surface area contributed by atoms with Crippen LogP contribution in [0.2, 0.25) is 0 Å². The number of methoxy groups -OCH3 is 1. The van der Waals surface area contributed by atoms with Crippen molar-refractivity contribution < 1.29 is 13.9 Å². The first-order valence-corrected chi connectivity index (χ1v) is 5.26. The summed E-state index contributed by atoms with van der Waals surface area (Å²) in [6, 6.07) is 5.93. The molecule has 2 rings (SSSR count).